The lowest BCUT2D eigenvalue weighted by Crippen LogP contribution is -2.57. The summed E-state index contributed by atoms with van der Waals surface area (Å²) in [7, 11) is 6.93. The molecule has 89 heavy (non-hydrogen) atoms. The molecule has 6 saturated heterocycles. The molecule has 6 amide bonds. The molecule has 6 aromatic rings. The summed E-state index contributed by atoms with van der Waals surface area (Å²) < 4.78 is 26.3. The van der Waals surface area contributed by atoms with Crippen molar-refractivity contribution in [1.82, 2.24) is 68.4 Å². The van der Waals surface area contributed by atoms with E-state index in [1.165, 1.54) is 6.20 Å². The standard InChI is InChI=1S/C31H40N8O5.C17H24N4O3.C14H17ClN4O2/c1-31(2,3)44-30(42)38-21-9-10-22(38)17-37(16-21)27(40)19-8-11-25(32-14-19)34-29-33-15-20-13-24(28(41)36(4)5)39(26(20)35-29)23-7-6-12-43-18-23;1-17(2,3)24-16(23)21-12-5-6-13(21)10-20(9-12)15(22)11-4-7-14(18)19-8-11;1-18(2)13(20)11-6-9-7-16-14(15)17-12(9)19(11)10-4-3-5-21-8-10/h8,11,13-15,21-23H,6-7,9-10,12,16-18H2,1-5H3,(H,32,33,34,35);4,7-8,12-13H,5-6,9-10H2,1-3H3,(H2,18,19);6-7,10H,3-5,8H2,1-2H3. The second-order valence-corrected chi connectivity index (χ2v) is 26.2. The Kier molecular flexibility index (Phi) is 19.0. The van der Waals surface area contributed by atoms with Crippen molar-refractivity contribution in [3.05, 3.63) is 89.0 Å². The molecular weight excluding hydrogens is 1160 g/mol. The lowest BCUT2D eigenvalue weighted by atomic mass is 10.1. The molecule has 6 aliphatic rings. The topological polar surface area (TPSA) is 284 Å². The Morgan fingerprint density at radius 3 is 1.40 bits per heavy atom. The average Bonchev–Trinajstić information content (AvgIpc) is 1.88. The van der Waals surface area contributed by atoms with E-state index in [0.717, 1.165) is 68.7 Å². The maximum Gasteiger partial charge on any atom is 0.410 e. The number of rotatable bonds is 8. The van der Waals surface area contributed by atoms with Crippen molar-refractivity contribution in [2.45, 2.75) is 140 Å². The van der Waals surface area contributed by atoms with Crippen LogP contribution in [-0.4, -0.2) is 220 Å². The number of fused-ring (bicyclic) bond motifs is 6. The van der Waals surface area contributed by atoms with Crippen LogP contribution in [0.4, 0.5) is 27.2 Å². The highest BCUT2D eigenvalue weighted by Gasteiger charge is 2.47. The molecular formula is C62H81ClN16O10. The minimum Gasteiger partial charge on any atom is -0.444 e. The third-order valence-corrected chi connectivity index (χ3v) is 16.6. The fraction of sp³-hybridized carbons (Fsp3) is 0.548. The van der Waals surface area contributed by atoms with E-state index in [1.54, 1.807) is 90.6 Å². The predicted molar refractivity (Wildman–Crippen MR) is 332 cm³/mol. The third kappa shape index (κ3) is 14.6. The van der Waals surface area contributed by atoms with Crippen LogP contribution in [0.25, 0.3) is 22.1 Å². The molecule has 6 aliphatic heterocycles. The number of nitrogens with two attached hydrogens (primary N) is 1. The summed E-state index contributed by atoms with van der Waals surface area (Å²) in [5.41, 5.74) is 7.96. The van der Waals surface area contributed by atoms with Crippen LogP contribution < -0.4 is 11.1 Å². The number of anilines is 3. The van der Waals surface area contributed by atoms with Gasteiger partial charge in [0.2, 0.25) is 11.2 Å². The second kappa shape index (κ2) is 26.5. The van der Waals surface area contributed by atoms with Gasteiger partial charge in [-0.25, -0.2) is 29.5 Å². The fourth-order valence-corrected chi connectivity index (χ4v) is 12.5. The van der Waals surface area contributed by atoms with Crippen molar-refractivity contribution in [2.75, 3.05) is 91.8 Å². The molecule has 0 aromatic carbocycles. The molecule has 6 aromatic heterocycles. The van der Waals surface area contributed by atoms with Crippen molar-refractivity contribution < 1.29 is 47.7 Å². The SMILES string of the molecule is CC(C)(C)OC(=O)N1C2CCC1CN(C(=O)c1ccc(N)nc1)C2.CN(C)C(=O)c1cc2cnc(Cl)nc2n1C1CCCOC1.CN(C)C(=O)c1cc2cnc(Nc3ccc(C(=O)N4CC5CCC(C4)N5C(=O)OC(C)(C)C)cn3)nc2n1C1CCCOC1. The number of hydrogen-bond donors (Lipinski definition) is 2. The molecule has 27 heteroatoms. The first-order valence-electron chi connectivity index (χ1n) is 30.4. The molecule has 6 atom stereocenters. The van der Waals surface area contributed by atoms with E-state index in [-0.39, 0.29) is 77.3 Å². The zero-order chi connectivity index (χ0) is 63.6. The number of likely N-dealkylation sites (tertiary alicyclic amines) is 2. The van der Waals surface area contributed by atoms with Gasteiger partial charge in [-0.3, -0.25) is 29.0 Å². The van der Waals surface area contributed by atoms with E-state index in [1.807, 2.05) is 72.6 Å². The van der Waals surface area contributed by atoms with Crippen molar-refractivity contribution in [3.8, 4) is 0 Å². The van der Waals surface area contributed by atoms with Gasteiger partial charge in [0.15, 0.2) is 0 Å². The summed E-state index contributed by atoms with van der Waals surface area (Å²) in [6.07, 6.45) is 13.0. The van der Waals surface area contributed by atoms with Crippen LogP contribution in [0.1, 0.15) is 147 Å². The molecule has 0 aliphatic carbocycles. The number of pyridine rings is 2. The number of aromatic nitrogens is 8. The molecule has 0 saturated carbocycles. The van der Waals surface area contributed by atoms with E-state index >= 15 is 0 Å². The summed E-state index contributed by atoms with van der Waals surface area (Å²) in [4.78, 5) is 113. The van der Waals surface area contributed by atoms with Gasteiger partial charge in [0, 0.05) is 103 Å². The Hall–Kier alpha value is -8.23. The summed E-state index contributed by atoms with van der Waals surface area (Å²) >= 11 is 5.92. The number of carbonyl (C=O) groups excluding carboxylic acids is 6. The molecule has 0 spiro atoms. The predicted octanol–water partition coefficient (Wildman–Crippen LogP) is 7.87. The van der Waals surface area contributed by atoms with Gasteiger partial charge in [-0.2, -0.15) is 9.97 Å². The number of halogens is 1. The van der Waals surface area contributed by atoms with Crippen molar-refractivity contribution in [1.29, 1.82) is 0 Å². The van der Waals surface area contributed by atoms with E-state index in [2.05, 4.69) is 30.2 Å². The second-order valence-electron chi connectivity index (χ2n) is 25.8. The van der Waals surface area contributed by atoms with Gasteiger partial charge in [-0.05, 0) is 141 Å². The van der Waals surface area contributed by atoms with E-state index in [9.17, 15) is 28.8 Å². The number of nitrogens with zero attached hydrogens (tertiary/aromatic N) is 14. The van der Waals surface area contributed by atoms with E-state index < -0.39 is 11.2 Å². The molecule has 4 bridgehead atoms. The quantitative estimate of drug-likeness (QED) is 0.137. The van der Waals surface area contributed by atoms with Gasteiger partial charge in [-0.1, -0.05) is 0 Å². The Balaban J connectivity index is 0.000000163. The largest absolute Gasteiger partial charge is 0.444 e. The van der Waals surface area contributed by atoms with Crippen molar-refractivity contribution in [2.24, 2.45) is 0 Å². The summed E-state index contributed by atoms with van der Waals surface area (Å²) in [6, 6.07) is 10.4. The van der Waals surface area contributed by atoms with Gasteiger partial charge < -0.3 is 58.7 Å². The van der Waals surface area contributed by atoms with Crippen LogP contribution >= 0.6 is 11.6 Å². The van der Waals surface area contributed by atoms with Crippen LogP contribution in [0, 0.1) is 0 Å². The molecule has 12 heterocycles. The Bertz CT molecular complexity index is 3540. The first-order valence-corrected chi connectivity index (χ1v) is 30.7. The first-order chi connectivity index (χ1) is 42.3. The molecule has 6 fully saturated rings. The van der Waals surface area contributed by atoms with Crippen molar-refractivity contribution in [3.63, 3.8) is 0 Å². The highest BCUT2D eigenvalue weighted by atomic mass is 35.5. The van der Waals surface area contributed by atoms with Crippen LogP contribution in [0.15, 0.2) is 61.2 Å². The number of ether oxygens (including phenoxy) is 4. The minimum atomic E-state index is -0.565. The normalized spacial score (nSPS) is 21.5. The van der Waals surface area contributed by atoms with E-state index in [0.29, 0.717) is 97.4 Å². The molecule has 6 unspecified atom stereocenters. The van der Waals surface area contributed by atoms with Gasteiger partial charge in [0.25, 0.3) is 23.6 Å². The molecule has 26 nitrogen and oxygen atoms in total. The zero-order valence-electron chi connectivity index (χ0n) is 52.4. The summed E-state index contributed by atoms with van der Waals surface area (Å²) in [6.45, 7) is 15.7. The summed E-state index contributed by atoms with van der Waals surface area (Å²) in [5, 5.41) is 4.90. The molecule has 476 valence electrons. The molecule has 12 rings (SSSR count). The van der Waals surface area contributed by atoms with Gasteiger partial charge in [0.05, 0.1) is 60.6 Å². The van der Waals surface area contributed by atoms with Crippen LogP contribution in [-0.2, 0) is 18.9 Å². The van der Waals surface area contributed by atoms with Gasteiger partial charge in [0.1, 0.15) is 45.5 Å². The van der Waals surface area contributed by atoms with Crippen LogP contribution in [0.3, 0.4) is 0 Å². The first kappa shape index (κ1) is 63.8. The van der Waals surface area contributed by atoms with Gasteiger partial charge in [-0.15, -0.1) is 0 Å². The number of nitrogen functional groups attached to an aromatic ring is 1. The Labute approximate surface area is 522 Å². The molecule has 0 radical (unpaired) electrons. The highest BCUT2D eigenvalue weighted by molar-refractivity contribution is 6.28. The summed E-state index contributed by atoms with van der Waals surface area (Å²) in [5.74, 6) is 0.856. The number of nitrogens with one attached hydrogen (secondary N) is 1. The van der Waals surface area contributed by atoms with Crippen LogP contribution in [0.2, 0.25) is 5.28 Å². The molecule has 3 N–H and O–H groups in total. The maximum atomic E-state index is 13.4. The lowest BCUT2D eigenvalue weighted by molar-refractivity contribution is -0.00386. The maximum absolute atomic E-state index is 13.4. The van der Waals surface area contributed by atoms with Gasteiger partial charge >= 0.3 is 12.2 Å². The van der Waals surface area contributed by atoms with E-state index in [4.69, 9.17) is 41.3 Å². The minimum absolute atomic E-state index is 0.00689. The van der Waals surface area contributed by atoms with Crippen LogP contribution in [0.5, 0.6) is 0 Å². The highest BCUT2D eigenvalue weighted by Crippen LogP contribution is 2.36. The zero-order valence-corrected chi connectivity index (χ0v) is 53.1. The monoisotopic (exact) mass is 1240 g/mol. The number of amides is 6. The smallest absolute Gasteiger partial charge is 0.410 e. The number of carbonyl (C=O) groups is 6. The Morgan fingerprint density at radius 2 is 1.01 bits per heavy atom. The lowest BCUT2D eigenvalue weighted by Gasteiger charge is -2.41. The number of piperazine rings is 2. The third-order valence-electron chi connectivity index (χ3n) is 16.4. The van der Waals surface area contributed by atoms with Crippen molar-refractivity contribution >= 4 is 87.1 Å². The average molecular weight is 1250 g/mol. The number of hydrogen-bond acceptors (Lipinski definition) is 18. The fourth-order valence-electron chi connectivity index (χ4n) is 12.4. The Morgan fingerprint density at radius 1 is 0.573 bits per heavy atom.